The van der Waals surface area contributed by atoms with Crippen LogP contribution in [-0.2, 0) is 4.79 Å². The van der Waals surface area contributed by atoms with Gasteiger partial charge in [0.15, 0.2) is 0 Å². The number of benzene rings is 2. The highest BCUT2D eigenvalue weighted by atomic mass is 79.9. The number of carboxylic acid groups (broad SMARTS) is 1. The van der Waals surface area contributed by atoms with Crippen molar-refractivity contribution in [3.8, 4) is 11.1 Å². The van der Waals surface area contributed by atoms with Crippen LogP contribution in [0.2, 0.25) is 0 Å². The standard InChI is InChI=1S/C14H12BrNO2/c15-12-8-10(13(16)14(17)18)6-7-11(12)9-4-2-1-3-5-9/h1-8,13H,16H2,(H,17,18). The Bertz CT molecular complexity index is 569. The Morgan fingerprint density at radius 2 is 1.83 bits per heavy atom. The maximum atomic E-state index is 10.8. The van der Waals surface area contributed by atoms with Crippen molar-refractivity contribution in [1.82, 2.24) is 0 Å². The maximum Gasteiger partial charge on any atom is 0.325 e. The van der Waals surface area contributed by atoms with E-state index in [9.17, 15) is 4.79 Å². The van der Waals surface area contributed by atoms with Crippen LogP contribution < -0.4 is 5.73 Å². The number of rotatable bonds is 3. The lowest BCUT2D eigenvalue weighted by atomic mass is 10.0. The molecular formula is C14H12BrNO2. The van der Waals surface area contributed by atoms with E-state index in [1.165, 1.54) is 0 Å². The van der Waals surface area contributed by atoms with Gasteiger partial charge in [-0.1, -0.05) is 58.4 Å². The minimum Gasteiger partial charge on any atom is -0.480 e. The van der Waals surface area contributed by atoms with Gasteiger partial charge < -0.3 is 10.8 Å². The van der Waals surface area contributed by atoms with Crippen LogP contribution in [0.1, 0.15) is 11.6 Å². The predicted molar refractivity (Wildman–Crippen MR) is 74.1 cm³/mol. The van der Waals surface area contributed by atoms with Crippen LogP contribution in [0, 0.1) is 0 Å². The van der Waals surface area contributed by atoms with Gasteiger partial charge in [0, 0.05) is 4.47 Å². The van der Waals surface area contributed by atoms with E-state index in [1.807, 2.05) is 36.4 Å². The molecule has 2 rings (SSSR count). The van der Waals surface area contributed by atoms with Crippen LogP contribution in [0.15, 0.2) is 53.0 Å². The van der Waals surface area contributed by atoms with E-state index in [0.717, 1.165) is 15.6 Å². The number of carbonyl (C=O) groups is 1. The smallest absolute Gasteiger partial charge is 0.325 e. The summed E-state index contributed by atoms with van der Waals surface area (Å²) in [6.07, 6.45) is 0. The summed E-state index contributed by atoms with van der Waals surface area (Å²) >= 11 is 3.45. The number of nitrogens with two attached hydrogens (primary N) is 1. The predicted octanol–water partition coefficient (Wildman–Crippen LogP) is 3.20. The fraction of sp³-hybridized carbons (Fsp3) is 0.0714. The van der Waals surface area contributed by atoms with Crippen molar-refractivity contribution < 1.29 is 9.90 Å². The lowest BCUT2D eigenvalue weighted by molar-refractivity contribution is -0.138. The highest BCUT2D eigenvalue weighted by molar-refractivity contribution is 9.10. The fourth-order valence-corrected chi connectivity index (χ4v) is 2.34. The molecule has 2 aromatic carbocycles. The Balaban J connectivity index is 2.40. The molecule has 3 nitrogen and oxygen atoms in total. The van der Waals surface area contributed by atoms with Gasteiger partial charge in [0.25, 0.3) is 0 Å². The molecule has 0 radical (unpaired) electrons. The van der Waals surface area contributed by atoms with Gasteiger partial charge in [-0.05, 0) is 22.8 Å². The van der Waals surface area contributed by atoms with Crippen molar-refractivity contribution in [3.63, 3.8) is 0 Å². The molecule has 92 valence electrons. The van der Waals surface area contributed by atoms with Gasteiger partial charge in [-0.2, -0.15) is 0 Å². The summed E-state index contributed by atoms with van der Waals surface area (Å²) in [7, 11) is 0. The van der Waals surface area contributed by atoms with Crippen molar-refractivity contribution in [3.05, 3.63) is 58.6 Å². The zero-order chi connectivity index (χ0) is 13.1. The second kappa shape index (κ2) is 5.33. The first-order valence-electron chi connectivity index (χ1n) is 5.43. The summed E-state index contributed by atoms with van der Waals surface area (Å²) in [5.74, 6) is -1.03. The minimum atomic E-state index is -1.03. The van der Waals surface area contributed by atoms with Crippen LogP contribution in [0.3, 0.4) is 0 Å². The first-order chi connectivity index (χ1) is 8.59. The van der Waals surface area contributed by atoms with Crippen molar-refractivity contribution in [2.75, 3.05) is 0 Å². The first kappa shape index (κ1) is 12.8. The lowest BCUT2D eigenvalue weighted by Gasteiger charge is -2.10. The third-order valence-electron chi connectivity index (χ3n) is 2.70. The number of hydrogen-bond acceptors (Lipinski definition) is 2. The van der Waals surface area contributed by atoms with Gasteiger partial charge in [-0.25, -0.2) is 0 Å². The molecule has 0 spiro atoms. The summed E-state index contributed by atoms with van der Waals surface area (Å²) in [5.41, 5.74) is 8.23. The van der Waals surface area contributed by atoms with E-state index in [2.05, 4.69) is 15.9 Å². The topological polar surface area (TPSA) is 63.3 Å². The molecule has 1 atom stereocenters. The molecule has 0 saturated heterocycles. The average molecular weight is 306 g/mol. The van der Waals surface area contributed by atoms with E-state index < -0.39 is 12.0 Å². The zero-order valence-electron chi connectivity index (χ0n) is 9.51. The summed E-state index contributed by atoms with van der Waals surface area (Å²) in [6, 6.07) is 14.2. The van der Waals surface area contributed by atoms with Crippen molar-refractivity contribution in [1.29, 1.82) is 0 Å². The van der Waals surface area contributed by atoms with Gasteiger partial charge in [0.2, 0.25) is 0 Å². The molecule has 0 amide bonds. The maximum absolute atomic E-state index is 10.8. The highest BCUT2D eigenvalue weighted by Crippen LogP contribution is 2.30. The van der Waals surface area contributed by atoms with Crippen LogP contribution >= 0.6 is 15.9 Å². The molecule has 0 aliphatic carbocycles. The van der Waals surface area contributed by atoms with Crippen LogP contribution in [-0.4, -0.2) is 11.1 Å². The van der Waals surface area contributed by atoms with Crippen LogP contribution in [0.4, 0.5) is 0 Å². The number of aliphatic carboxylic acids is 1. The van der Waals surface area contributed by atoms with Crippen molar-refractivity contribution >= 4 is 21.9 Å². The summed E-state index contributed by atoms with van der Waals surface area (Å²) < 4.78 is 0.836. The van der Waals surface area contributed by atoms with E-state index >= 15 is 0 Å². The minimum absolute atomic E-state index is 0.578. The highest BCUT2D eigenvalue weighted by Gasteiger charge is 2.15. The SMILES string of the molecule is NC(C(=O)O)c1ccc(-c2ccccc2)c(Br)c1. The Hall–Kier alpha value is -1.65. The number of hydrogen-bond donors (Lipinski definition) is 2. The third-order valence-corrected chi connectivity index (χ3v) is 3.36. The Kier molecular flexibility index (Phi) is 3.79. The van der Waals surface area contributed by atoms with Crippen molar-refractivity contribution in [2.24, 2.45) is 5.73 Å². The Morgan fingerprint density at radius 3 is 2.39 bits per heavy atom. The van der Waals surface area contributed by atoms with E-state index in [4.69, 9.17) is 10.8 Å². The molecule has 3 N–H and O–H groups in total. The molecule has 0 fully saturated rings. The monoisotopic (exact) mass is 305 g/mol. The molecule has 2 aromatic rings. The summed E-state index contributed by atoms with van der Waals surface area (Å²) in [6.45, 7) is 0. The normalized spacial score (nSPS) is 12.1. The molecule has 0 aliphatic rings. The second-order valence-corrected chi connectivity index (χ2v) is 4.78. The molecular weight excluding hydrogens is 294 g/mol. The van der Waals surface area contributed by atoms with Gasteiger partial charge in [0.1, 0.15) is 6.04 Å². The molecule has 0 heterocycles. The number of halogens is 1. The lowest BCUT2D eigenvalue weighted by Crippen LogP contribution is -2.20. The molecule has 4 heteroatoms. The summed E-state index contributed by atoms with van der Waals surface area (Å²) in [4.78, 5) is 10.8. The van der Waals surface area contributed by atoms with Gasteiger partial charge in [0.05, 0.1) is 0 Å². The van der Waals surface area contributed by atoms with Crippen LogP contribution in [0.5, 0.6) is 0 Å². The summed E-state index contributed by atoms with van der Waals surface area (Å²) in [5, 5.41) is 8.87. The molecule has 0 aliphatic heterocycles. The Morgan fingerprint density at radius 1 is 1.17 bits per heavy atom. The first-order valence-corrected chi connectivity index (χ1v) is 6.22. The number of carboxylic acids is 1. The van der Waals surface area contributed by atoms with Crippen LogP contribution in [0.25, 0.3) is 11.1 Å². The largest absolute Gasteiger partial charge is 0.480 e. The van der Waals surface area contributed by atoms with Crippen molar-refractivity contribution in [2.45, 2.75) is 6.04 Å². The molecule has 18 heavy (non-hydrogen) atoms. The van der Waals surface area contributed by atoms with E-state index in [0.29, 0.717) is 5.56 Å². The van der Waals surface area contributed by atoms with Gasteiger partial charge in [-0.3, -0.25) is 4.79 Å². The van der Waals surface area contributed by atoms with Gasteiger partial charge in [-0.15, -0.1) is 0 Å². The second-order valence-electron chi connectivity index (χ2n) is 3.92. The van der Waals surface area contributed by atoms with Gasteiger partial charge >= 0.3 is 5.97 Å². The third kappa shape index (κ3) is 2.60. The quantitative estimate of drug-likeness (QED) is 0.915. The zero-order valence-corrected chi connectivity index (χ0v) is 11.1. The van der Waals surface area contributed by atoms with E-state index in [1.54, 1.807) is 12.1 Å². The van der Waals surface area contributed by atoms with E-state index in [-0.39, 0.29) is 0 Å². The average Bonchev–Trinajstić information content (AvgIpc) is 2.38. The molecule has 1 unspecified atom stereocenters. The molecule has 0 saturated carbocycles. The molecule has 0 aromatic heterocycles. The Labute approximate surface area is 113 Å². The fourth-order valence-electron chi connectivity index (χ4n) is 1.72. The molecule has 0 bridgehead atoms.